The average molecular weight is 272 g/mol. The normalized spacial score (nSPS) is 9.75. The maximum absolute atomic E-state index is 8.33. The second kappa shape index (κ2) is 4.96. The number of nitriles is 1. The molecule has 0 aromatic heterocycles. The molecule has 3 rings (SSSR count). The van der Waals surface area contributed by atoms with Gasteiger partial charge in [-0.25, -0.2) is 0 Å². The fourth-order valence-electron chi connectivity index (χ4n) is 1.37. The number of fused-ring (bicyclic) bond motifs is 1. The average Bonchev–Trinajstić information content (AvgIpc) is 2.90. The fraction of sp³-hybridized carbons (Fsp3) is 0.0714. The van der Waals surface area contributed by atoms with Crippen LogP contribution in [0, 0.1) is 11.3 Å². The van der Waals surface area contributed by atoms with Crippen LogP contribution in [0.5, 0.6) is 0 Å². The van der Waals surface area contributed by atoms with Gasteiger partial charge in [0.15, 0.2) is 0 Å². The summed E-state index contributed by atoms with van der Waals surface area (Å²) >= 11 is 3.31. The number of benzene rings is 2. The van der Waals surface area contributed by atoms with Gasteiger partial charge in [0.25, 0.3) is 0 Å². The number of nitrogens with zero attached hydrogens (tertiary/aromatic N) is 1. The zero-order chi connectivity index (χ0) is 11.4. The van der Waals surface area contributed by atoms with E-state index in [1.165, 1.54) is 11.1 Å². The van der Waals surface area contributed by atoms with Crippen LogP contribution in [-0.4, -0.2) is 0 Å². The summed E-state index contributed by atoms with van der Waals surface area (Å²) in [4.78, 5) is 0. The van der Waals surface area contributed by atoms with Crippen molar-refractivity contribution >= 4 is 15.9 Å². The van der Waals surface area contributed by atoms with Crippen molar-refractivity contribution in [3.8, 4) is 17.2 Å². The Morgan fingerprint density at radius 1 is 1.00 bits per heavy atom. The maximum atomic E-state index is 8.33. The molecule has 2 aliphatic rings. The first-order valence-electron chi connectivity index (χ1n) is 5.01. The molecule has 1 nitrogen and oxygen atoms in total. The molecule has 0 N–H and O–H groups in total. The Balaban J connectivity index is 0.000000134. The Bertz CT molecular complexity index is 506. The topological polar surface area (TPSA) is 23.8 Å². The van der Waals surface area contributed by atoms with E-state index < -0.39 is 0 Å². The van der Waals surface area contributed by atoms with Gasteiger partial charge in [0.1, 0.15) is 0 Å². The van der Waals surface area contributed by atoms with Crippen LogP contribution in [0.4, 0.5) is 0 Å². The van der Waals surface area contributed by atoms with Crippen LogP contribution in [-0.2, 0) is 6.42 Å². The predicted molar refractivity (Wildman–Crippen MR) is 68.9 cm³/mol. The van der Waals surface area contributed by atoms with Crippen LogP contribution < -0.4 is 0 Å². The standard InChI is InChI=1S/C8H6BrN.C6H4/c9-8-3-1-7(2-4-8)5-6-10;1-2-5-4-6(5)3-1/h1-4H,5H2;1-4H. The van der Waals surface area contributed by atoms with Crippen LogP contribution in [0.2, 0.25) is 0 Å². The first-order chi connectivity index (χ1) is 7.79. The predicted octanol–water partition coefficient (Wildman–Crippen LogP) is 4.18. The Kier molecular flexibility index (Phi) is 3.38. The minimum absolute atomic E-state index is 0.493. The molecule has 0 fully saturated rings. The van der Waals surface area contributed by atoms with Crippen molar-refractivity contribution in [1.82, 2.24) is 0 Å². The van der Waals surface area contributed by atoms with E-state index in [4.69, 9.17) is 5.26 Å². The third-order valence-corrected chi connectivity index (χ3v) is 2.84. The molecule has 78 valence electrons. The largest absolute Gasteiger partial charge is 0.198 e. The molecular weight excluding hydrogens is 262 g/mol. The molecule has 0 saturated carbocycles. The molecule has 0 heterocycles. The number of rotatable bonds is 1. The Morgan fingerprint density at radius 3 is 2.00 bits per heavy atom. The second-order valence-electron chi connectivity index (χ2n) is 3.54. The van der Waals surface area contributed by atoms with Crippen molar-refractivity contribution in [1.29, 1.82) is 5.26 Å². The zero-order valence-corrected chi connectivity index (χ0v) is 10.2. The van der Waals surface area contributed by atoms with Gasteiger partial charge in [-0.05, 0) is 34.9 Å². The summed E-state index contributed by atoms with van der Waals surface area (Å²) < 4.78 is 1.05. The fourth-order valence-corrected chi connectivity index (χ4v) is 1.63. The molecule has 1 aromatic rings. The number of hydrogen-bond donors (Lipinski definition) is 0. The quantitative estimate of drug-likeness (QED) is 0.651. The monoisotopic (exact) mass is 271 g/mol. The zero-order valence-electron chi connectivity index (χ0n) is 8.65. The van der Waals surface area contributed by atoms with E-state index in [9.17, 15) is 0 Å². The molecule has 2 aliphatic carbocycles. The highest BCUT2D eigenvalue weighted by molar-refractivity contribution is 9.10. The lowest BCUT2D eigenvalue weighted by atomic mass is 10.2. The summed E-state index contributed by atoms with van der Waals surface area (Å²) in [5, 5.41) is 8.33. The van der Waals surface area contributed by atoms with E-state index >= 15 is 0 Å². The van der Waals surface area contributed by atoms with Crippen molar-refractivity contribution in [2.45, 2.75) is 6.42 Å². The van der Waals surface area contributed by atoms with E-state index in [-0.39, 0.29) is 0 Å². The van der Waals surface area contributed by atoms with E-state index in [0.29, 0.717) is 6.42 Å². The molecule has 0 aliphatic heterocycles. The molecule has 0 radical (unpaired) electrons. The third-order valence-electron chi connectivity index (χ3n) is 2.31. The minimum Gasteiger partial charge on any atom is -0.198 e. The van der Waals surface area contributed by atoms with E-state index in [1.54, 1.807) is 0 Å². The first-order valence-corrected chi connectivity index (χ1v) is 5.81. The van der Waals surface area contributed by atoms with Crippen LogP contribution in [0.3, 0.4) is 0 Å². The van der Waals surface area contributed by atoms with Gasteiger partial charge in [0.05, 0.1) is 12.5 Å². The van der Waals surface area contributed by atoms with Crippen LogP contribution in [0.1, 0.15) is 5.56 Å². The Morgan fingerprint density at radius 2 is 1.62 bits per heavy atom. The van der Waals surface area contributed by atoms with Gasteiger partial charge < -0.3 is 0 Å². The van der Waals surface area contributed by atoms with Gasteiger partial charge >= 0.3 is 0 Å². The molecule has 0 spiro atoms. The van der Waals surface area contributed by atoms with Crippen LogP contribution >= 0.6 is 15.9 Å². The number of hydrogen-bond acceptors (Lipinski definition) is 1. The van der Waals surface area contributed by atoms with Gasteiger partial charge in [-0.15, -0.1) is 0 Å². The highest BCUT2D eigenvalue weighted by atomic mass is 79.9. The van der Waals surface area contributed by atoms with Gasteiger partial charge in [0, 0.05) is 4.47 Å². The molecule has 0 bridgehead atoms. The SMILES string of the molecule is N#CCc1ccc(Br)cc1.c1cc2cc-2c1. The second-order valence-corrected chi connectivity index (χ2v) is 4.46. The smallest absolute Gasteiger partial charge is 0.0669 e. The van der Waals surface area contributed by atoms with Crippen molar-refractivity contribution in [3.63, 3.8) is 0 Å². The van der Waals surface area contributed by atoms with Gasteiger partial charge in [-0.2, -0.15) is 5.26 Å². The summed E-state index contributed by atoms with van der Waals surface area (Å²) in [6, 6.07) is 18.3. The Labute approximate surface area is 103 Å². The molecule has 2 heteroatoms. The van der Waals surface area contributed by atoms with Gasteiger partial charge in [-0.3, -0.25) is 0 Å². The molecule has 0 saturated heterocycles. The van der Waals surface area contributed by atoms with E-state index in [2.05, 4.69) is 46.3 Å². The van der Waals surface area contributed by atoms with Gasteiger partial charge in [0.2, 0.25) is 0 Å². The van der Waals surface area contributed by atoms with Crippen LogP contribution in [0.15, 0.2) is 53.0 Å². The molecular formula is C14H10BrN. The first kappa shape index (κ1) is 10.9. The lowest BCUT2D eigenvalue weighted by Crippen LogP contribution is -1.78. The Hall–Kier alpha value is -1.59. The molecule has 16 heavy (non-hydrogen) atoms. The van der Waals surface area contributed by atoms with Crippen molar-refractivity contribution in [3.05, 3.63) is 58.6 Å². The summed E-state index contributed by atoms with van der Waals surface area (Å²) in [6.45, 7) is 0. The summed E-state index contributed by atoms with van der Waals surface area (Å²) in [6.07, 6.45) is 0.493. The van der Waals surface area contributed by atoms with E-state index in [0.717, 1.165) is 10.0 Å². The number of halogens is 1. The highest BCUT2D eigenvalue weighted by Crippen LogP contribution is 2.32. The highest BCUT2D eigenvalue weighted by Gasteiger charge is 2.06. The molecule has 0 atom stereocenters. The third kappa shape index (κ3) is 2.95. The van der Waals surface area contributed by atoms with E-state index in [1.807, 2.05) is 24.3 Å². The summed E-state index contributed by atoms with van der Waals surface area (Å²) in [5.41, 5.74) is 3.91. The van der Waals surface area contributed by atoms with Crippen LogP contribution in [0.25, 0.3) is 11.1 Å². The summed E-state index contributed by atoms with van der Waals surface area (Å²) in [7, 11) is 0. The van der Waals surface area contributed by atoms with Crippen molar-refractivity contribution in [2.24, 2.45) is 0 Å². The molecule has 0 unspecified atom stereocenters. The molecule has 0 amide bonds. The van der Waals surface area contributed by atoms with Crippen molar-refractivity contribution in [2.75, 3.05) is 0 Å². The lowest BCUT2D eigenvalue weighted by Gasteiger charge is -1.92. The lowest BCUT2D eigenvalue weighted by molar-refractivity contribution is 1.26. The van der Waals surface area contributed by atoms with Gasteiger partial charge in [-0.1, -0.05) is 46.3 Å². The molecule has 1 aromatic carbocycles. The maximum Gasteiger partial charge on any atom is 0.0669 e. The minimum atomic E-state index is 0.493. The summed E-state index contributed by atoms with van der Waals surface area (Å²) in [5.74, 6) is 0. The van der Waals surface area contributed by atoms with Crippen molar-refractivity contribution < 1.29 is 0 Å².